The molecule has 0 heterocycles. The second-order valence-electron chi connectivity index (χ2n) is 4.01. The molecular formula is C14H11ClF2O. The Morgan fingerprint density at radius 2 is 1.67 bits per heavy atom. The summed E-state index contributed by atoms with van der Waals surface area (Å²) in [5.41, 5.74) is 0.934. The summed E-state index contributed by atoms with van der Waals surface area (Å²) in [7, 11) is 0. The highest BCUT2D eigenvalue weighted by Crippen LogP contribution is 2.24. The molecule has 0 bridgehead atoms. The van der Waals surface area contributed by atoms with Crippen LogP contribution in [0.15, 0.2) is 42.5 Å². The third-order valence-corrected chi connectivity index (χ3v) is 3.01. The van der Waals surface area contributed by atoms with Gasteiger partial charge in [-0.2, -0.15) is 0 Å². The molecule has 1 N–H and O–H groups in total. The maximum absolute atomic E-state index is 13.0. The molecule has 0 aliphatic rings. The normalized spacial score (nSPS) is 12.4. The van der Waals surface area contributed by atoms with Gasteiger partial charge in [0.15, 0.2) is 0 Å². The molecule has 1 nitrogen and oxygen atoms in total. The predicted molar refractivity (Wildman–Crippen MR) is 66.5 cm³/mol. The number of aliphatic hydroxyl groups excluding tert-OH is 1. The summed E-state index contributed by atoms with van der Waals surface area (Å²) in [6.45, 7) is 0. The Morgan fingerprint density at radius 3 is 2.28 bits per heavy atom. The molecule has 1 unspecified atom stereocenters. The van der Waals surface area contributed by atoms with Crippen molar-refractivity contribution in [3.8, 4) is 0 Å². The largest absolute Gasteiger partial charge is 0.388 e. The van der Waals surface area contributed by atoms with Gasteiger partial charge in [-0.15, -0.1) is 0 Å². The van der Waals surface area contributed by atoms with Crippen molar-refractivity contribution in [2.75, 3.05) is 0 Å². The number of benzene rings is 2. The van der Waals surface area contributed by atoms with Crippen LogP contribution in [0.25, 0.3) is 0 Å². The zero-order valence-electron chi connectivity index (χ0n) is 9.41. The van der Waals surface area contributed by atoms with Crippen LogP contribution in [-0.2, 0) is 6.42 Å². The van der Waals surface area contributed by atoms with Crippen molar-refractivity contribution < 1.29 is 13.9 Å². The van der Waals surface area contributed by atoms with E-state index in [9.17, 15) is 13.9 Å². The van der Waals surface area contributed by atoms with Crippen LogP contribution in [0.4, 0.5) is 8.78 Å². The van der Waals surface area contributed by atoms with Crippen molar-refractivity contribution >= 4 is 11.6 Å². The third kappa shape index (κ3) is 3.06. The molecule has 2 aromatic carbocycles. The van der Waals surface area contributed by atoms with Gasteiger partial charge in [0.2, 0.25) is 0 Å². The van der Waals surface area contributed by atoms with Crippen molar-refractivity contribution in [3.63, 3.8) is 0 Å². The molecule has 0 fully saturated rings. The molecule has 0 spiro atoms. The standard InChI is InChI=1S/C14H11ClF2O/c15-13-4-2-1-3-9(13)7-14(18)10-5-11(16)8-12(17)6-10/h1-6,8,14,18H,7H2. The molecule has 94 valence electrons. The van der Waals surface area contributed by atoms with Gasteiger partial charge in [-0.3, -0.25) is 0 Å². The summed E-state index contributed by atoms with van der Waals surface area (Å²) in [6.07, 6.45) is -0.780. The summed E-state index contributed by atoms with van der Waals surface area (Å²) in [6, 6.07) is 10.0. The highest BCUT2D eigenvalue weighted by molar-refractivity contribution is 6.31. The van der Waals surface area contributed by atoms with Gasteiger partial charge in [-0.25, -0.2) is 8.78 Å². The maximum atomic E-state index is 13.0. The van der Waals surface area contributed by atoms with Crippen LogP contribution in [-0.4, -0.2) is 5.11 Å². The first-order valence-electron chi connectivity index (χ1n) is 5.44. The number of halogens is 3. The van der Waals surface area contributed by atoms with Crippen molar-refractivity contribution in [1.29, 1.82) is 0 Å². The Balaban J connectivity index is 2.22. The Kier molecular flexibility index (Phi) is 3.94. The minimum absolute atomic E-state index is 0.201. The summed E-state index contributed by atoms with van der Waals surface area (Å²) in [5, 5.41) is 10.5. The van der Waals surface area contributed by atoms with Crippen molar-refractivity contribution in [1.82, 2.24) is 0 Å². The fraction of sp³-hybridized carbons (Fsp3) is 0.143. The molecule has 0 amide bonds. The number of hydrogen-bond acceptors (Lipinski definition) is 1. The van der Waals surface area contributed by atoms with Gasteiger partial charge < -0.3 is 5.11 Å². The minimum atomic E-state index is -0.991. The van der Waals surface area contributed by atoms with Crippen molar-refractivity contribution in [2.45, 2.75) is 12.5 Å². The SMILES string of the molecule is OC(Cc1ccccc1Cl)c1cc(F)cc(F)c1. The van der Waals surface area contributed by atoms with Gasteiger partial charge in [0.1, 0.15) is 11.6 Å². The van der Waals surface area contributed by atoms with Gasteiger partial charge in [0, 0.05) is 17.5 Å². The number of hydrogen-bond donors (Lipinski definition) is 1. The van der Waals surface area contributed by atoms with Crippen LogP contribution in [0.1, 0.15) is 17.2 Å². The monoisotopic (exact) mass is 268 g/mol. The predicted octanol–water partition coefficient (Wildman–Crippen LogP) is 3.89. The van der Waals surface area contributed by atoms with E-state index in [1.54, 1.807) is 24.3 Å². The van der Waals surface area contributed by atoms with Crippen molar-refractivity contribution in [3.05, 3.63) is 70.2 Å². The highest BCUT2D eigenvalue weighted by Gasteiger charge is 2.12. The lowest BCUT2D eigenvalue weighted by Crippen LogP contribution is -2.03. The molecule has 0 aromatic heterocycles. The van der Waals surface area contributed by atoms with Gasteiger partial charge >= 0.3 is 0 Å². The van der Waals surface area contributed by atoms with Crippen LogP contribution in [0.2, 0.25) is 5.02 Å². The second kappa shape index (κ2) is 5.46. The molecular weight excluding hydrogens is 258 g/mol. The minimum Gasteiger partial charge on any atom is -0.388 e. The van der Waals surface area contributed by atoms with E-state index in [0.717, 1.165) is 23.8 Å². The molecule has 4 heteroatoms. The summed E-state index contributed by atoms with van der Waals surface area (Å²) in [4.78, 5) is 0. The van der Waals surface area contributed by atoms with E-state index in [0.29, 0.717) is 5.02 Å². The van der Waals surface area contributed by atoms with Gasteiger partial charge in [-0.05, 0) is 29.3 Å². The first-order valence-corrected chi connectivity index (χ1v) is 5.81. The van der Waals surface area contributed by atoms with E-state index in [2.05, 4.69) is 0 Å². The van der Waals surface area contributed by atoms with E-state index >= 15 is 0 Å². The lowest BCUT2D eigenvalue weighted by atomic mass is 10.0. The van der Waals surface area contributed by atoms with E-state index in [-0.39, 0.29) is 12.0 Å². The third-order valence-electron chi connectivity index (χ3n) is 2.64. The van der Waals surface area contributed by atoms with Crippen LogP contribution in [0.5, 0.6) is 0 Å². The van der Waals surface area contributed by atoms with Crippen LogP contribution < -0.4 is 0 Å². The molecule has 0 aliphatic heterocycles. The lowest BCUT2D eigenvalue weighted by molar-refractivity contribution is 0.177. The molecule has 2 rings (SSSR count). The van der Waals surface area contributed by atoms with E-state index in [4.69, 9.17) is 11.6 Å². The lowest BCUT2D eigenvalue weighted by Gasteiger charge is -2.12. The second-order valence-corrected chi connectivity index (χ2v) is 4.42. The molecule has 2 aromatic rings. The summed E-state index contributed by atoms with van der Waals surface area (Å²) in [5.74, 6) is -1.41. The maximum Gasteiger partial charge on any atom is 0.126 e. The summed E-state index contributed by atoms with van der Waals surface area (Å²) >= 11 is 5.96. The highest BCUT2D eigenvalue weighted by atomic mass is 35.5. The van der Waals surface area contributed by atoms with Crippen LogP contribution in [0.3, 0.4) is 0 Å². The topological polar surface area (TPSA) is 20.2 Å². The number of aliphatic hydroxyl groups is 1. The first-order chi connectivity index (χ1) is 8.56. The van der Waals surface area contributed by atoms with E-state index in [1.807, 2.05) is 0 Å². The van der Waals surface area contributed by atoms with Crippen LogP contribution >= 0.6 is 11.6 Å². The Labute approximate surface area is 109 Å². The summed E-state index contributed by atoms with van der Waals surface area (Å²) < 4.78 is 26.1. The average Bonchev–Trinajstić information content (AvgIpc) is 2.31. The molecule has 0 aliphatic carbocycles. The van der Waals surface area contributed by atoms with Crippen molar-refractivity contribution in [2.24, 2.45) is 0 Å². The van der Waals surface area contributed by atoms with E-state index in [1.165, 1.54) is 0 Å². The molecule has 18 heavy (non-hydrogen) atoms. The van der Waals surface area contributed by atoms with Gasteiger partial charge in [-0.1, -0.05) is 29.8 Å². The fourth-order valence-corrected chi connectivity index (χ4v) is 1.97. The van der Waals surface area contributed by atoms with E-state index < -0.39 is 17.7 Å². The van der Waals surface area contributed by atoms with Crippen LogP contribution in [0, 0.1) is 11.6 Å². The van der Waals surface area contributed by atoms with Gasteiger partial charge in [0.25, 0.3) is 0 Å². The van der Waals surface area contributed by atoms with Gasteiger partial charge in [0.05, 0.1) is 6.10 Å². The molecule has 0 saturated heterocycles. The number of rotatable bonds is 3. The zero-order valence-corrected chi connectivity index (χ0v) is 10.2. The zero-order chi connectivity index (χ0) is 13.1. The molecule has 0 saturated carbocycles. The smallest absolute Gasteiger partial charge is 0.126 e. The average molecular weight is 269 g/mol. The Bertz CT molecular complexity index is 537. The first kappa shape index (κ1) is 13.0. The molecule has 1 atom stereocenters. The molecule has 0 radical (unpaired) electrons. The Morgan fingerprint density at radius 1 is 1.06 bits per heavy atom. The fourth-order valence-electron chi connectivity index (χ4n) is 1.76. The Hall–Kier alpha value is -1.45. The quantitative estimate of drug-likeness (QED) is 0.895.